The smallest absolute Gasteiger partial charge is 0.241 e. The lowest BCUT2D eigenvalue weighted by Crippen LogP contribution is -2.29. The molecule has 31 heavy (non-hydrogen) atoms. The lowest BCUT2D eigenvalue weighted by molar-refractivity contribution is -0.121. The van der Waals surface area contributed by atoms with E-state index in [1.165, 1.54) is 24.8 Å². The molecule has 4 rings (SSSR count). The first kappa shape index (κ1) is 20.9. The van der Waals surface area contributed by atoms with Crippen molar-refractivity contribution in [1.82, 2.24) is 20.3 Å². The van der Waals surface area contributed by atoms with Crippen LogP contribution in [0.1, 0.15) is 36.3 Å². The number of benzene rings is 2. The first-order valence-corrected chi connectivity index (χ1v) is 10.6. The van der Waals surface area contributed by atoms with E-state index in [1.54, 1.807) is 18.9 Å². The van der Waals surface area contributed by atoms with Crippen LogP contribution < -0.4 is 14.8 Å². The molecule has 0 atom stereocenters. The Kier molecular flexibility index (Phi) is 6.50. The molecular weight excluding hydrogens is 392 g/mol. The minimum Gasteiger partial charge on any atom is -0.493 e. The van der Waals surface area contributed by atoms with E-state index in [1.807, 2.05) is 30.5 Å². The van der Waals surface area contributed by atoms with Gasteiger partial charge in [0.25, 0.3) is 0 Å². The van der Waals surface area contributed by atoms with Crippen LogP contribution in [-0.4, -0.2) is 41.7 Å². The quantitative estimate of drug-likeness (QED) is 0.572. The zero-order chi connectivity index (χ0) is 21.6. The van der Waals surface area contributed by atoms with Crippen LogP contribution >= 0.6 is 0 Å². The zero-order valence-corrected chi connectivity index (χ0v) is 18.0. The summed E-state index contributed by atoms with van der Waals surface area (Å²) in [6.45, 7) is 0.667. The second-order valence-electron chi connectivity index (χ2n) is 7.84. The van der Waals surface area contributed by atoms with Crippen molar-refractivity contribution in [2.24, 2.45) is 0 Å². The Morgan fingerprint density at radius 2 is 1.97 bits per heavy atom. The van der Waals surface area contributed by atoms with Crippen molar-refractivity contribution >= 4 is 5.91 Å². The Bertz CT molecular complexity index is 1040. The largest absolute Gasteiger partial charge is 0.493 e. The molecule has 0 radical (unpaired) electrons. The fourth-order valence-corrected chi connectivity index (χ4v) is 3.79. The maximum atomic E-state index is 12.3. The van der Waals surface area contributed by atoms with Crippen molar-refractivity contribution in [3.05, 3.63) is 59.8 Å². The number of carbonyl (C=O) groups is 1. The van der Waals surface area contributed by atoms with Crippen molar-refractivity contribution in [2.45, 2.75) is 38.1 Å². The van der Waals surface area contributed by atoms with Crippen molar-refractivity contribution < 1.29 is 14.3 Å². The zero-order valence-electron chi connectivity index (χ0n) is 18.0. The molecule has 0 aliphatic heterocycles. The minimum absolute atomic E-state index is 0.0971. The van der Waals surface area contributed by atoms with Crippen molar-refractivity contribution in [3.8, 4) is 22.8 Å². The summed E-state index contributed by atoms with van der Waals surface area (Å²) < 4.78 is 12.2. The predicted octanol–water partition coefficient (Wildman–Crippen LogP) is 3.59. The molecule has 0 bridgehead atoms. The first-order valence-electron chi connectivity index (χ1n) is 10.6. The van der Waals surface area contributed by atoms with E-state index in [0.717, 1.165) is 16.8 Å². The van der Waals surface area contributed by atoms with Gasteiger partial charge in [-0.3, -0.25) is 4.79 Å². The van der Waals surface area contributed by atoms with Gasteiger partial charge in [0.05, 0.1) is 20.4 Å². The summed E-state index contributed by atoms with van der Waals surface area (Å²) in [5, 5.41) is 11.3. The van der Waals surface area contributed by atoms with Crippen molar-refractivity contribution in [3.63, 3.8) is 0 Å². The van der Waals surface area contributed by atoms with Crippen LogP contribution in [0.2, 0.25) is 0 Å². The second kappa shape index (κ2) is 9.64. The normalized spacial score (nSPS) is 13.5. The first-order chi connectivity index (χ1) is 15.2. The summed E-state index contributed by atoms with van der Waals surface area (Å²) in [4.78, 5) is 12.3. The second-order valence-corrected chi connectivity index (χ2v) is 7.84. The van der Waals surface area contributed by atoms with Gasteiger partial charge in [0, 0.05) is 12.1 Å². The number of methoxy groups -OCH3 is 2. The lowest BCUT2D eigenvalue weighted by atomic mass is 9.79. The molecular formula is C24H28N4O3. The van der Waals surface area contributed by atoms with E-state index in [-0.39, 0.29) is 12.5 Å². The number of ether oxygens (including phenoxy) is 2. The third kappa shape index (κ3) is 5.05. The molecule has 0 unspecified atom stereocenters. The van der Waals surface area contributed by atoms with Crippen molar-refractivity contribution in [1.29, 1.82) is 0 Å². The molecule has 1 aliphatic carbocycles. The highest BCUT2D eigenvalue weighted by molar-refractivity contribution is 5.75. The molecule has 1 aromatic heterocycles. The van der Waals surface area contributed by atoms with Crippen molar-refractivity contribution in [2.75, 3.05) is 20.8 Å². The fraction of sp³-hybridized carbons (Fsp3) is 0.375. The molecule has 0 saturated heterocycles. The lowest BCUT2D eigenvalue weighted by Gasteiger charge is -2.25. The van der Waals surface area contributed by atoms with E-state index < -0.39 is 0 Å². The van der Waals surface area contributed by atoms with Gasteiger partial charge in [-0.2, -0.15) is 0 Å². The number of carbonyl (C=O) groups excluding carboxylic acids is 1. The molecule has 1 fully saturated rings. The maximum Gasteiger partial charge on any atom is 0.241 e. The van der Waals surface area contributed by atoms with Gasteiger partial charge in [-0.25, -0.2) is 4.68 Å². The Hall–Kier alpha value is -3.35. The fourth-order valence-electron chi connectivity index (χ4n) is 3.79. The highest BCUT2D eigenvalue weighted by Crippen LogP contribution is 2.37. The third-order valence-electron chi connectivity index (χ3n) is 5.79. The third-order valence-corrected chi connectivity index (χ3v) is 5.79. The number of hydrogen-bond donors (Lipinski definition) is 1. The number of hydrogen-bond acceptors (Lipinski definition) is 5. The summed E-state index contributed by atoms with van der Waals surface area (Å²) in [6.07, 6.45) is 6.36. The van der Waals surface area contributed by atoms with Crippen LogP contribution in [0.15, 0.2) is 48.7 Å². The van der Waals surface area contributed by atoms with Crippen LogP contribution in [-0.2, 0) is 17.8 Å². The van der Waals surface area contributed by atoms with E-state index in [9.17, 15) is 4.79 Å². The summed E-state index contributed by atoms with van der Waals surface area (Å²) in [5.74, 6) is 1.95. The van der Waals surface area contributed by atoms with Gasteiger partial charge in [0.2, 0.25) is 5.91 Å². The minimum atomic E-state index is -0.0971. The highest BCUT2D eigenvalue weighted by atomic mass is 16.5. The van der Waals surface area contributed by atoms with Crippen LogP contribution in [0.4, 0.5) is 0 Å². The topological polar surface area (TPSA) is 78.3 Å². The van der Waals surface area contributed by atoms with Crippen LogP contribution in [0.25, 0.3) is 11.3 Å². The molecule has 1 aliphatic rings. The Morgan fingerprint density at radius 3 is 2.71 bits per heavy atom. The molecule has 1 N–H and O–H groups in total. The van der Waals surface area contributed by atoms with Gasteiger partial charge in [0.1, 0.15) is 12.2 Å². The average Bonchev–Trinajstić information content (AvgIpc) is 3.21. The van der Waals surface area contributed by atoms with Gasteiger partial charge in [-0.15, -0.1) is 5.10 Å². The van der Waals surface area contributed by atoms with Gasteiger partial charge >= 0.3 is 0 Å². The molecule has 3 aromatic rings. The van der Waals surface area contributed by atoms with Gasteiger partial charge in [-0.05, 0) is 54.5 Å². The molecule has 7 heteroatoms. The summed E-state index contributed by atoms with van der Waals surface area (Å²) in [5.41, 5.74) is 4.27. The molecule has 2 aromatic carbocycles. The molecule has 1 heterocycles. The SMILES string of the molecule is COc1ccc(CCNC(=O)Cn2cc(-c3cccc(C4CCC4)c3)nn2)cc1OC. The van der Waals surface area contributed by atoms with Gasteiger partial charge in [-0.1, -0.05) is 35.9 Å². The van der Waals surface area contributed by atoms with E-state index >= 15 is 0 Å². The van der Waals surface area contributed by atoms with Crippen LogP contribution in [0, 0.1) is 0 Å². The summed E-state index contributed by atoms with van der Waals surface area (Å²) in [6, 6.07) is 14.3. The Morgan fingerprint density at radius 1 is 1.13 bits per heavy atom. The molecule has 1 saturated carbocycles. The number of nitrogens with one attached hydrogen (secondary N) is 1. The van der Waals surface area contributed by atoms with Gasteiger partial charge < -0.3 is 14.8 Å². The Balaban J connectivity index is 1.29. The van der Waals surface area contributed by atoms with Crippen LogP contribution in [0.3, 0.4) is 0 Å². The van der Waals surface area contributed by atoms with Gasteiger partial charge in [0.15, 0.2) is 11.5 Å². The number of amides is 1. The number of aromatic nitrogens is 3. The number of nitrogens with zero attached hydrogens (tertiary/aromatic N) is 3. The number of rotatable bonds is 9. The Labute approximate surface area is 182 Å². The standard InChI is InChI=1S/C24H28N4O3/c1-30-22-10-9-17(13-23(22)31-2)11-12-25-24(29)16-28-15-21(26-27-28)20-8-4-7-19(14-20)18-5-3-6-18/h4,7-10,13-15,18H,3,5-6,11-12,16H2,1-2H3,(H,25,29). The molecule has 7 nitrogen and oxygen atoms in total. The average molecular weight is 421 g/mol. The molecule has 1 amide bonds. The summed E-state index contributed by atoms with van der Waals surface area (Å²) in [7, 11) is 3.22. The van der Waals surface area contributed by atoms with Crippen LogP contribution in [0.5, 0.6) is 11.5 Å². The molecule has 162 valence electrons. The van der Waals surface area contributed by atoms with E-state index in [4.69, 9.17) is 9.47 Å². The molecule has 0 spiro atoms. The monoisotopic (exact) mass is 420 g/mol. The predicted molar refractivity (Wildman–Crippen MR) is 118 cm³/mol. The maximum absolute atomic E-state index is 12.3. The van der Waals surface area contributed by atoms with E-state index in [2.05, 4.69) is 33.8 Å². The highest BCUT2D eigenvalue weighted by Gasteiger charge is 2.20. The van der Waals surface area contributed by atoms with E-state index in [0.29, 0.717) is 30.4 Å². The summed E-state index contributed by atoms with van der Waals surface area (Å²) >= 11 is 0.